The third kappa shape index (κ3) is 8.09. The van der Waals surface area contributed by atoms with Crippen molar-refractivity contribution in [1.29, 1.82) is 0 Å². The molecule has 0 aliphatic carbocycles. The molecule has 48 heavy (non-hydrogen) atoms. The van der Waals surface area contributed by atoms with Gasteiger partial charge in [-0.3, -0.25) is 0 Å². The quantitative estimate of drug-likeness (QED) is 0.0744. The predicted octanol–water partition coefficient (Wildman–Crippen LogP) is 9.11. The lowest BCUT2D eigenvalue weighted by atomic mass is 9.85. The van der Waals surface area contributed by atoms with E-state index in [9.17, 15) is 20.4 Å². The number of aromatic hydroxyl groups is 4. The van der Waals surface area contributed by atoms with Gasteiger partial charge in [0.05, 0.1) is 13.2 Å². The lowest BCUT2D eigenvalue weighted by molar-refractivity contribution is 0.266. The Morgan fingerprint density at radius 3 is 0.750 bits per heavy atom. The van der Waals surface area contributed by atoms with Crippen LogP contribution in [0.5, 0.6) is 34.5 Å². The van der Waals surface area contributed by atoms with Gasteiger partial charge in [0.15, 0.2) is 0 Å². The molecule has 0 radical (unpaired) electrons. The van der Waals surface area contributed by atoms with Crippen LogP contribution in [-0.4, -0.2) is 33.6 Å². The first kappa shape index (κ1) is 32.1. The molecule has 0 heterocycles. The van der Waals surface area contributed by atoms with Gasteiger partial charge in [-0.15, -0.1) is 0 Å². The Bertz CT molecular complexity index is 1630. The van der Waals surface area contributed by atoms with Crippen LogP contribution in [-0.2, 0) is 0 Å². The molecule has 0 bridgehead atoms. The van der Waals surface area contributed by atoms with Gasteiger partial charge in [-0.1, -0.05) is 72.8 Å². The molecule has 6 aromatic rings. The SMILES string of the molecule is Oc1ccc(C(c2ccc(O)cc2)c2ccc(OCCCCOc3ccc(C(c4ccc(O)cc4)c4ccc(O)cc4)cc3)cc2)cc1. The monoisotopic (exact) mass is 638 g/mol. The highest BCUT2D eigenvalue weighted by molar-refractivity contribution is 5.48. The average molecular weight is 639 g/mol. The molecular weight excluding hydrogens is 600 g/mol. The number of benzene rings is 6. The van der Waals surface area contributed by atoms with Gasteiger partial charge in [-0.2, -0.15) is 0 Å². The Morgan fingerprint density at radius 2 is 0.521 bits per heavy atom. The van der Waals surface area contributed by atoms with E-state index in [0.29, 0.717) is 13.2 Å². The number of phenolic OH excluding ortho intramolecular Hbond substituents is 4. The van der Waals surface area contributed by atoms with E-state index in [1.54, 1.807) is 48.5 Å². The maximum absolute atomic E-state index is 9.79. The van der Waals surface area contributed by atoms with Crippen molar-refractivity contribution in [1.82, 2.24) is 0 Å². The first-order valence-electron chi connectivity index (χ1n) is 16.0. The van der Waals surface area contributed by atoms with Crippen molar-refractivity contribution >= 4 is 0 Å². The van der Waals surface area contributed by atoms with Crippen LogP contribution in [0, 0.1) is 0 Å². The van der Waals surface area contributed by atoms with Crippen molar-refractivity contribution in [2.75, 3.05) is 13.2 Å². The van der Waals surface area contributed by atoms with Crippen LogP contribution in [0.1, 0.15) is 58.1 Å². The van der Waals surface area contributed by atoms with Gasteiger partial charge in [0, 0.05) is 11.8 Å². The van der Waals surface area contributed by atoms with E-state index in [4.69, 9.17) is 9.47 Å². The van der Waals surface area contributed by atoms with Gasteiger partial charge in [0.1, 0.15) is 34.5 Å². The van der Waals surface area contributed by atoms with Gasteiger partial charge in [0.25, 0.3) is 0 Å². The first-order chi connectivity index (χ1) is 23.4. The Balaban J connectivity index is 1.01. The van der Waals surface area contributed by atoms with Crippen LogP contribution in [0.25, 0.3) is 0 Å². The fourth-order valence-electron chi connectivity index (χ4n) is 5.92. The molecule has 0 unspecified atom stereocenters. The second kappa shape index (κ2) is 15.1. The number of rotatable bonds is 13. The molecule has 0 aromatic heterocycles. The summed E-state index contributed by atoms with van der Waals surface area (Å²) in [6.45, 7) is 1.14. The van der Waals surface area contributed by atoms with Crippen LogP contribution in [0.15, 0.2) is 146 Å². The van der Waals surface area contributed by atoms with Crippen molar-refractivity contribution in [2.24, 2.45) is 0 Å². The Hall–Kier alpha value is -5.88. The highest BCUT2D eigenvalue weighted by Gasteiger charge is 2.18. The topological polar surface area (TPSA) is 99.4 Å². The minimum Gasteiger partial charge on any atom is -0.508 e. The summed E-state index contributed by atoms with van der Waals surface area (Å²) in [6.07, 6.45) is 1.68. The van der Waals surface area contributed by atoms with Crippen LogP contribution in [0.2, 0.25) is 0 Å². The van der Waals surface area contributed by atoms with Crippen LogP contribution in [0.4, 0.5) is 0 Å². The molecule has 6 heteroatoms. The minimum absolute atomic E-state index is 0.0574. The van der Waals surface area contributed by atoms with Crippen molar-refractivity contribution < 1.29 is 29.9 Å². The van der Waals surface area contributed by atoms with E-state index < -0.39 is 0 Å². The van der Waals surface area contributed by atoms with Crippen LogP contribution in [0.3, 0.4) is 0 Å². The predicted molar refractivity (Wildman–Crippen MR) is 187 cm³/mol. The molecule has 0 fully saturated rings. The van der Waals surface area contributed by atoms with E-state index in [1.807, 2.05) is 72.8 Å². The van der Waals surface area contributed by atoms with Gasteiger partial charge in [-0.05, 0) is 119 Å². The summed E-state index contributed by atoms with van der Waals surface area (Å²) >= 11 is 0. The molecule has 4 N–H and O–H groups in total. The summed E-state index contributed by atoms with van der Waals surface area (Å²) < 4.78 is 12.0. The zero-order chi connectivity index (χ0) is 33.3. The number of hydrogen-bond donors (Lipinski definition) is 4. The number of phenols is 4. The maximum atomic E-state index is 9.79. The Kier molecular flexibility index (Phi) is 10.1. The van der Waals surface area contributed by atoms with Gasteiger partial charge >= 0.3 is 0 Å². The highest BCUT2D eigenvalue weighted by Crippen LogP contribution is 2.36. The van der Waals surface area contributed by atoms with E-state index in [0.717, 1.165) is 57.7 Å². The molecule has 0 atom stereocenters. The fourth-order valence-corrected chi connectivity index (χ4v) is 5.92. The van der Waals surface area contributed by atoms with E-state index in [1.165, 1.54) is 0 Å². The molecular formula is C42H38O6. The zero-order valence-electron chi connectivity index (χ0n) is 26.4. The van der Waals surface area contributed by atoms with Crippen molar-refractivity contribution in [3.05, 3.63) is 179 Å². The molecule has 6 nitrogen and oxygen atoms in total. The van der Waals surface area contributed by atoms with E-state index >= 15 is 0 Å². The zero-order valence-corrected chi connectivity index (χ0v) is 26.4. The molecule has 0 amide bonds. The first-order valence-corrected chi connectivity index (χ1v) is 16.0. The molecule has 0 spiro atoms. The van der Waals surface area contributed by atoms with Crippen molar-refractivity contribution in [2.45, 2.75) is 24.7 Å². The van der Waals surface area contributed by atoms with Crippen molar-refractivity contribution in [3.63, 3.8) is 0 Å². The second-order valence-corrected chi connectivity index (χ2v) is 11.8. The summed E-state index contributed by atoms with van der Waals surface area (Å²) in [4.78, 5) is 0. The van der Waals surface area contributed by atoms with Gasteiger partial charge in [0.2, 0.25) is 0 Å². The van der Waals surface area contributed by atoms with Crippen LogP contribution < -0.4 is 9.47 Å². The Morgan fingerprint density at radius 1 is 0.312 bits per heavy atom. The number of hydrogen-bond acceptors (Lipinski definition) is 6. The molecule has 0 aliphatic rings. The lowest BCUT2D eigenvalue weighted by Crippen LogP contribution is -2.05. The Labute approximate surface area is 280 Å². The minimum atomic E-state index is -0.0574. The third-order valence-electron chi connectivity index (χ3n) is 8.41. The van der Waals surface area contributed by atoms with Gasteiger partial charge in [-0.25, -0.2) is 0 Å². The molecule has 6 aromatic carbocycles. The summed E-state index contributed by atoms with van der Waals surface area (Å²) in [5.74, 6) is 2.35. The van der Waals surface area contributed by atoms with Crippen molar-refractivity contribution in [3.8, 4) is 34.5 Å². The number of unbranched alkanes of at least 4 members (excludes halogenated alkanes) is 1. The summed E-state index contributed by atoms with van der Waals surface area (Å²) in [7, 11) is 0. The third-order valence-corrected chi connectivity index (χ3v) is 8.41. The molecule has 242 valence electrons. The summed E-state index contributed by atoms with van der Waals surface area (Å²) in [5, 5.41) is 39.2. The van der Waals surface area contributed by atoms with E-state index in [2.05, 4.69) is 24.3 Å². The highest BCUT2D eigenvalue weighted by atomic mass is 16.5. The lowest BCUT2D eigenvalue weighted by Gasteiger charge is -2.20. The maximum Gasteiger partial charge on any atom is 0.119 e. The van der Waals surface area contributed by atoms with E-state index in [-0.39, 0.29) is 34.8 Å². The second-order valence-electron chi connectivity index (χ2n) is 11.8. The average Bonchev–Trinajstić information content (AvgIpc) is 3.11. The molecule has 0 saturated carbocycles. The normalized spacial score (nSPS) is 11.1. The standard InChI is InChI=1S/C42H38O6/c43-35-15-3-29(4-16-35)41(30-5-17-36(44)18-6-30)33-11-23-39(24-12-33)47-27-1-2-28-48-40-25-13-34(14-26-40)42(31-7-19-37(45)20-8-31)32-9-21-38(46)22-10-32/h3-26,41-46H,1-2,27-28H2. The summed E-state index contributed by atoms with van der Waals surface area (Å²) in [5.41, 5.74) is 6.31. The molecule has 0 aliphatic heterocycles. The largest absolute Gasteiger partial charge is 0.508 e. The van der Waals surface area contributed by atoms with Crippen LogP contribution >= 0.6 is 0 Å². The molecule has 6 rings (SSSR count). The fraction of sp³-hybridized carbons (Fsp3) is 0.143. The summed E-state index contributed by atoms with van der Waals surface area (Å²) in [6, 6.07) is 45.0. The van der Waals surface area contributed by atoms with Gasteiger partial charge < -0.3 is 29.9 Å². The molecule has 0 saturated heterocycles. The smallest absolute Gasteiger partial charge is 0.119 e. The number of ether oxygens (including phenoxy) is 2.